The first-order valence-electron chi connectivity index (χ1n) is 14.6. The van der Waals surface area contributed by atoms with Gasteiger partial charge in [-0.05, 0) is 55.2 Å². The standard InChI is InChI=1S/C33H42N8O2/c1-20-8-12-27(39-28(31(35)21(2)36-3)15-29(34)40-33(42)22-9-10-22)32(43-4)30(20)23-11-13-26(38-16-23)24-17-41(18-24)19-25-7-5-6-14-37-25/h5-8,11-15,22,24,36,38-39H,2,9-10,16-19,34-35H2,1,3-4H3,(H,40,42)/b29-15+,31-28+. The molecule has 226 valence electrons. The molecule has 3 heterocycles. The zero-order valence-electron chi connectivity index (χ0n) is 25.2. The van der Waals surface area contributed by atoms with Crippen LogP contribution in [0.1, 0.15) is 29.7 Å². The van der Waals surface area contributed by atoms with E-state index in [-0.39, 0.29) is 17.6 Å². The molecule has 3 aliphatic rings. The maximum atomic E-state index is 12.3. The number of nitrogens with zero attached hydrogens (tertiary/aromatic N) is 2. The summed E-state index contributed by atoms with van der Waals surface area (Å²) in [6, 6.07) is 10.0. The molecule has 1 amide bonds. The van der Waals surface area contributed by atoms with Crippen LogP contribution in [-0.4, -0.2) is 49.6 Å². The molecule has 2 aliphatic heterocycles. The summed E-state index contributed by atoms with van der Waals surface area (Å²) in [5.74, 6) is 1.30. The van der Waals surface area contributed by atoms with Crippen LogP contribution in [0, 0.1) is 18.8 Å². The van der Waals surface area contributed by atoms with Gasteiger partial charge in [0, 0.05) is 68.6 Å². The number of carbonyl (C=O) groups is 1. The number of anilines is 1. The Morgan fingerprint density at radius 1 is 1.21 bits per heavy atom. The van der Waals surface area contributed by atoms with Gasteiger partial charge in [0.05, 0.1) is 35.6 Å². The Bertz CT molecular complexity index is 1500. The molecule has 8 N–H and O–H groups in total. The first-order chi connectivity index (χ1) is 20.8. The quantitative estimate of drug-likeness (QED) is 0.208. The fourth-order valence-electron chi connectivity index (χ4n) is 5.37. The number of aromatic nitrogens is 1. The molecule has 1 aromatic heterocycles. The number of nitrogens with two attached hydrogens (primary N) is 2. The van der Waals surface area contributed by atoms with Gasteiger partial charge in [-0.2, -0.15) is 0 Å². The minimum atomic E-state index is -0.0821. The molecule has 1 aliphatic carbocycles. The fraction of sp³-hybridized carbons (Fsp3) is 0.333. The van der Waals surface area contributed by atoms with Gasteiger partial charge in [-0.15, -0.1) is 0 Å². The van der Waals surface area contributed by atoms with E-state index in [1.807, 2.05) is 30.5 Å². The molecule has 43 heavy (non-hydrogen) atoms. The normalized spacial score (nSPS) is 17.9. The molecule has 0 bridgehead atoms. The van der Waals surface area contributed by atoms with Crippen molar-refractivity contribution in [2.75, 3.05) is 39.1 Å². The Morgan fingerprint density at radius 3 is 2.63 bits per heavy atom. The second-order valence-electron chi connectivity index (χ2n) is 11.3. The monoisotopic (exact) mass is 582 g/mol. The highest BCUT2D eigenvalue weighted by molar-refractivity contribution is 5.83. The summed E-state index contributed by atoms with van der Waals surface area (Å²) in [6.07, 6.45) is 9.60. The van der Waals surface area contributed by atoms with Crippen LogP contribution in [-0.2, 0) is 11.3 Å². The zero-order chi connectivity index (χ0) is 30.5. The van der Waals surface area contributed by atoms with E-state index in [9.17, 15) is 4.79 Å². The Hall–Kier alpha value is -4.70. The number of benzene rings is 1. The number of nitrogens with one attached hydrogen (secondary N) is 4. The number of dihydropyridines is 1. The third kappa shape index (κ3) is 7.03. The Morgan fingerprint density at radius 2 is 2.00 bits per heavy atom. The molecule has 0 spiro atoms. The number of hydrogen-bond acceptors (Lipinski definition) is 9. The fourth-order valence-corrected chi connectivity index (χ4v) is 5.37. The molecule has 1 saturated heterocycles. The lowest BCUT2D eigenvalue weighted by Crippen LogP contribution is -2.49. The maximum Gasteiger partial charge on any atom is 0.228 e. The lowest BCUT2D eigenvalue weighted by molar-refractivity contribution is -0.121. The van der Waals surface area contributed by atoms with Gasteiger partial charge in [0.25, 0.3) is 0 Å². The van der Waals surface area contributed by atoms with Crippen molar-refractivity contribution in [3.63, 3.8) is 0 Å². The van der Waals surface area contributed by atoms with E-state index < -0.39 is 0 Å². The third-order valence-electron chi connectivity index (χ3n) is 8.05. The molecular weight excluding hydrogens is 540 g/mol. The van der Waals surface area contributed by atoms with Gasteiger partial charge in [-0.1, -0.05) is 24.8 Å². The van der Waals surface area contributed by atoms with Gasteiger partial charge in [0.2, 0.25) is 5.91 Å². The average Bonchev–Trinajstić information content (AvgIpc) is 3.85. The van der Waals surface area contributed by atoms with Crippen molar-refractivity contribution in [1.82, 2.24) is 25.8 Å². The highest BCUT2D eigenvalue weighted by atomic mass is 16.5. The first kappa shape index (κ1) is 29.8. The Kier molecular flexibility index (Phi) is 9.06. The number of amides is 1. The van der Waals surface area contributed by atoms with Crippen LogP contribution in [0.25, 0.3) is 5.57 Å². The number of ether oxygens (including phenoxy) is 1. The van der Waals surface area contributed by atoms with Crippen molar-refractivity contribution in [3.8, 4) is 5.75 Å². The topological polar surface area (TPSA) is 143 Å². The maximum absolute atomic E-state index is 12.3. The molecule has 0 atom stereocenters. The van der Waals surface area contributed by atoms with Crippen molar-refractivity contribution in [3.05, 3.63) is 107 Å². The van der Waals surface area contributed by atoms with E-state index in [0.29, 0.717) is 41.0 Å². The van der Waals surface area contributed by atoms with Crippen molar-refractivity contribution in [1.29, 1.82) is 0 Å². The molecule has 2 fully saturated rings. The molecule has 10 heteroatoms. The Labute approximate surface area is 253 Å². The number of carbonyl (C=O) groups excluding carboxylic acids is 1. The minimum absolute atomic E-state index is 0.0264. The number of methoxy groups -OCH3 is 1. The lowest BCUT2D eigenvalue weighted by Gasteiger charge is -2.41. The summed E-state index contributed by atoms with van der Waals surface area (Å²) in [5.41, 5.74) is 20.3. The van der Waals surface area contributed by atoms with E-state index in [1.165, 1.54) is 5.70 Å². The number of pyridine rings is 1. The number of rotatable bonds is 12. The summed E-state index contributed by atoms with van der Waals surface area (Å²) in [7, 11) is 3.40. The summed E-state index contributed by atoms with van der Waals surface area (Å²) in [4.78, 5) is 19.1. The van der Waals surface area contributed by atoms with Gasteiger partial charge in [-0.25, -0.2) is 0 Å². The predicted octanol–water partition coefficient (Wildman–Crippen LogP) is 3.04. The van der Waals surface area contributed by atoms with E-state index in [2.05, 4.69) is 62.9 Å². The average molecular weight is 583 g/mol. The molecule has 0 radical (unpaired) electrons. The van der Waals surface area contributed by atoms with E-state index >= 15 is 0 Å². The number of aryl methyl sites for hydroxylation is 1. The molecule has 0 unspecified atom stereocenters. The second kappa shape index (κ2) is 13.1. The summed E-state index contributed by atoms with van der Waals surface area (Å²) in [5, 5.41) is 12.8. The van der Waals surface area contributed by atoms with Crippen LogP contribution in [0.3, 0.4) is 0 Å². The SMILES string of the molecule is C=C(NC)/C(N)=C(/C=C(\N)NC(=O)C1CC1)Nc1ccc(C)c(C2=CC=C(C3CN(Cc4ccccn4)C3)NC2)c1OC. The second-order valence-corrected chi connectivity index (χ2v) is 11.3. The lowest BCUT2D eigenvalue weighted by atomic mass is 9.91. The van der Waals surface area contributed by atoms with Crippen LogP contribution in [0.4, 0.5) is 5.69 Å². The summed E-state index contributed by atoms with van der Waals surface area (Å²) < 4.78 is 5.98. The number of hydrogen-bond donors (Lipinski definition) is 6. The minimum Gasteiger partial charge on any atom is -0.494 e. The van der Waals surface area contributed by atoms with Gasteiger partial charge >= 0.3 is 0 Å². The highest BCUT2D eigenvalue weighted by Gasteiger charge is 2.31. The van der Waals surface area contributed by atoms with Crippen molar-refractivity contribution >= 4 is 17.2 Å². The van der Waals surface area contributed by atoms with Crippen molar-refractivity contribution in [2.45, 2.75) is 26.3 Å². The van der Waals surface area contributed by atoms with Gasteiger partial charge in [0.15, 0.2) is 0 Å². The van der Waals surface area contributed by atoms with Gasteiger partial charge in [0.1, 0.15) is 11.6 Å². The third-order valence-corrected chi connectivity index (χ3v) is 8.05. The van der Waals surface area contributed by atoms with Gasteiger partial charge < -0.3 is 37.5 Å². The predicted molar refractivity (Wildman–Crippen MR) is 171 cm³/mol. The van der Waals surface area contributed by atoms with Crippen molar-refractivity contribution < 1.29 is 9.53 Å². The number of likely N-dealkylation sites (N-methyl/N-ethyl adjacent to an activating group) is 1. The Balaban J connectivity index is 1.35. The van der Waals surface area contributed by atoms with Gasteiger partial charge in [-0.3, -0.25) is 14.7 Å². The summed E-state index contributed by atoms with van der Waals surface area (Å²) in [6.45, 7) is 9.64. The van der Waals surface area contributed by atoms with E-state index in [1.54, 1.807) is 20.2 Å². The molecule has 2 aromatic rings. The number of allylic oxidation sites excluding steroid dienone is 3. The van der Waals surface area contributed by atoms with Crippen LogP contribution < -0.4 is 37.5 Å². The van der Waals surface area contributed by atoms with Crippen LogP contribution in [0.2, 0.25) is 0 Å². The van der Waals surface area contributed by atoms with Crippen LogP contribution in [0.5, 0.6) is 5.75 Å². The van der Waals surface area contributed by atoms with E-state index in [4.69, 9.17) is 16.2 Å². The molecule has 5 rings (SSSR count). The molecule has 10 nitrogen and oxygen atoms in total. The molecule has 1 aromatic carbocycles. The number of likely N-dealkylation sites (tertiary alicyclic amines) is 1. The molecule has 1 saturated carbocycles. The smallest absolute Gasteiger partial charge is 0.228 e. The summed E-state index contributed by atoms with van der Waals surface area (Å²) >= 11 is 0. The van der Waals surface area contributed by atoms with Crippen molar-refractivity contribution in [2.24, 2.45) is 23.3 Å². The van der Waals surface area contributed by atoms with Crippen LogP contribution >= 0.6 is 0 Å². The van der Waals surface area contributed by atoms with E-state index in [0.717, 1.165) is 54.9 Å². The molecular formula is C33H42N8O2. The highest BCUT2D eigenvalue weighted by Crippen LogP contribution is 2.38. The zero-order valence-corrected chi connectivity index (χ0v) is 25.2. The largest absolute Gasteiger partial charge is 0.494 e. The van der Waals surface area contributed by atoms with Crippen LogP contribution in [0.15, 0.2) is 89.9 Å². The first-order valence-corrected chi connectivity index (χ1v) is 14.6.